The van der Waals surface area contributed by atoms with Gasteiger partial charge in [0.1, 0.15) is 0 Å². The maximum atomic E-state index is 4.61. The molecule has 0 aliphatic carbocycles. The Morgan fingerprint density at radius 2 is 1.74 bits per heavy atom. The zero-order valence-corrected chi connectivity index (χ0v) is 12.9. The van der Waals surface area contributed by atoms with Crippen LogP contribution in [0.1, 0.15) is 25.3 Å². The monoisotopic (exact) mass is 306 g/mol. The largest absolute Gasteiger partial charge is 0.321 e. The number of aromatic nitrogens is 4. The molecule has 2 aromatic carbocycles. The van der Waals surface area contributed by atoms with E-state index in [2.05, 4.69) is 32.9 Å². The molecule has 0 amide bonds. The number of nitrogens with one attached hydrogen (secondary N) is 1. The maximum absolute atomic E-state index is 4.61. The van der Waals surface area contributed by atoms with E-state index in [4.69, 9.17) is 0 Å². The first kappa shape index (κ1) is 14.9. The van der Waals surface area contributed by atoms with Crippen LogP contribution in [0.2, 0.25) is 0 Å². The summed E-state index contributed by atoms with van der Waals surface area (Å²) in [6, 6.07) is 19.9. The molecule has 116 valence electrons. The SMILES string of the molecule is CCCC(=Nn1nnnc1Nc1ccccc1)c1ccccc1. The number of tetrazole rings is 1. The molecular weight excluding hydrogens is 288 g/mol. The second-order valence-corrected chi connectivity index (χ2v) is 5.05. The molecule has 0 atom stereocenters. The minimum atomic E-state index is 0.487. The van der Waals surface area contributed by atoms with Crippen molar-refractivity contribution in [3.05, 3.63) is 66.2 Å². The van der Waals surface area contributed by atoms with Crippen LogP contribution >= 0.6 is 0 Å². The van der Waals surface area contributed by atoms with Gasteiger partial charge in [-0.25, -0.2) is 0 Å². The highest BCUT2D eigenvalue weighted by Gasteiger charge is 2.08. The highest BCUT2D eigenvalue weighted by Crippen LogP contribution is 2.13. The van der Waals surface area contributed by atoms with Gasteiger partial charge in [-0.2, -0.15) is 0 Å². The van der Waals surface area contributed by atoms with Crippen LogP contribution in [0.3, 0.4) is 0 Å². The fraction of sp³-hybridized carbons (Fsp3) is 0.176. The molecule has 0 unspecified atom stereocenters. The van der Waals surface area contributed by atoms with Gasteiger partial charge in [0.15, 0.2) is 0 Å². The smallest absolute Gasteiger partial charge is 0.269 e. The summed E-state index contributed by atoms with van der Waals surface area (Å²) in [6.45, 7) is 2.13. The van der Waals surface area contributed by atoms with Crippen molar-refractivity contribution in [2.75, 3.05) is 5.32 Å². The number of benzene rings is 2. The zero-order valence-electron chi connectivity index (χ0n) is 12.9. The lowest BCUT2D eigenvalue weighted by atomic mass is 10.1. The maximum Gasteiger partial charge on any atom is 0.269 e. The lowest BCUT2D eigenvalue weighted by Crippen LogP contribution is -2.07. The van der Waals surface area contributed by atoms with Gasteiger partial charge in [-0.15, -0.1) is 5.10 Å². The fourth-order valence-electron chi connectivity index (χ4n) is 2.21. The number of anilines is 2. The van der Waals surface area contributed by atoms with Gasteiger partial charge in [0.05, 0.1) is 5.71 Å². The van der Waals surface area contributed by atoms with Crippen molar-refractivity contribution in [3.63, 3.8) is 0 Å². The molecule has 3 rings (SSSR count). The van der Waals surface area contributed by atoms with Crippen molar-refractivity contribution < 1.29 is 0 Å². The first-order chi connectivity index (χ1) is 11.4. The topological polar surface area (TPSA) is 68.0 Å². The average Bonchev–Trinajstić information content (AvgIpc) is 3.03. The van der Waals surface area contributed by atoms with Crippen LogP contribution < -0.4 is 5.32 Å². The Balaban J connectivity index is 1.90. The highest BCUT2D eigenvalue weighted by atomic mass is 15.7. The van der Waals surface area contributed by atoms with Gasteiger partial charge in [-0.05, 0) is 34.5 Å². The second kappa shape index (κ2) is 7.31. The fourth-order valence-corrected chi connectivity index (χ4v) is 2.21. The van der Waals surface area contributed by atoms with E-state index >= 15 is 0 Å². The molecule has 0 spiro atoms. The van der Waals surface area contributed by atoms with Crippen LogP contribution in [0.4, 0.5) is 11.6 Å². The van der Waals surface area contributed by atoms with E-state index in [1.54, 1.807) is 0 Å². The second-order valence-electron chi connectivity index (χ2n) is 5.05. The average molecular weight is 306 g/mol. The van der Waals surface area contributed by atoms with E-state index in [-0.39, 0.29) is 0 Å². The van der Waals surface area contributed by atoms with E-state index in [0.717, 1.165) is 29.8 Å². The summed E-state index contributed by atoms with van der Waals surface area (Å²) >= 11 is 0. The van der Waals surface area contributed by atoms with Crippen molar-refractivity contribution in [2.24, 2.45) is 5.10 Å². The molecule has 1 N–H and O–H groups in total. The van der Waals surface area contributed by atoms with Crippen molar-refractivity contribution in [1.82, 2.24) is 20.3 Å². The Morgan fingerprint density at radius 1 is 1.04 bits per heavy atom. The van der Waals surface area contributed by atoms with Gasteiger partial charge < -0.3 is 5.32 Å². The summed E-state index contributed by atoms with van der Waals surface area (Å²) in [5.74, 6) is 0.487. The third-order valence-corrected chi connectivity index (χ3v) is 3.29. The molecule has 0 aliphatic rings. The Kier molecular flexibility index (Phi) is 4.73. The number of nitrogens with zero attached hydrogens (tertiary/aromatic N) is 5. The molecule has 1 heterocycles. The van der Waals surface area contributed by atoms with Gasteiger partial charge in [-0.1, -0.05) is 71.8 Å². The Labute approximate surface area is 134 Å². The molecule has 3 aromatic rings. The van der Waals surface area contributed by atoms with Gasteiger partial charge >= 0.3 is 0 Å². The van der Waals surface area contributed by atoms with Crippen LogP contribution in [-0.2, 0) is 0 Å². The molecule has 6 nitrogen and oxygen atoms in total. The van der Waals surface area contributed by atoms with E-state index in [0.29, 0.717) is 5.95 Å². The predicted octanol–water partition coefficient (Wildman–Crippen LogP) is 3.47. The first-order valence-corrected chi connectivity index (χ1v) is 7.60. The zero-order chi connectivity index (χ0) is 15.9. The van der Waals surface area contributed by atoms with Crippen LogP contribution in [0, 0.1) is 0 Å². The number of hydrogen-bond donors (Lipinski definition) is 1. The van der Waals surface area contributed by atoms with E-state index in [1.807, 2.05) is 60.7 Å². The Hall–Kier alpha value is -3.02. The quantitative estimate of drug-likeness (QED) is 0.708. The summed E-state index contributed by atoms with van der Waals surface area (Å²) < 4.78 is 0. The number of hydrogen-bond acceptors (Lipinski definition) is 5. The Morgan fingerprint density at radius 3 is 2.43 bits per heavy atom. The molecule has 0 saturated heterocycles. The van der Waals surface area contributed by atoms with Gasteiger partial charge in [0.2, 0.25) is 0 Å². The summed E-state index contributed by atoms with van der Waals surface area (Å²) in [6.07, 6.45) is 1.85. The third kappa shape index (κ3) is 3.79. The van der Waals surface area contributed by atoms with Crippen LogP contribution in [0.5, 0.6) is 0 Å². The molecule has 0 fully saturated rings. The molecule has 0 saturated carbocycles. The van der Waals surface area contributed by atoms with Crippen LogP contribution in [0.25, 0.3) is 0 Å². The van der Waals surface area contributed by atoms with Crippen LogP contribution in [0.15, 0.2) is 65.8 Å². The van der Waals surface area contributed by atoms with Crippen molar-refractivity contribution in [3.8, 4) is 0 Å². The summed E-state index contributed by atoms with van der Waals surface area (Å²) in [4.78, 5) is 1.44. The third-order valence-electron chi connectivity index (χ3n) is 3.29. The van der Waals surface area contributed by atoms with Crippen molar-refractivity contribution in [2.45, 2.75) is 19.8 Å². The standard InChI is InChI=1S/C17H18N6/c1-2-9-16(14-10-5-3-6-11-14)20-23-17(19-21-22-23)18-15-12-7-4-8-13-15/h3-8,10-13H,2,9H2,1H3,(H,18,19,22). The molecular formula is C17H18N6. The minimum absolute atomic E-state index is 0.487. The molecule has 0 radical (unpaired) electrons. The summed E-state index contributed by atoms with van der Waals surface area (Å²) in [5, 5.41) is 19.5. The number of para-hydroxylation sites is 1. The van der Waals surface area contributed by atoms with Gasteiger partial charge in [-0.3, -0.25) is 0 Å². The summed E-state index contributed by atoms with van der Waals surface area (Å²) in [5.41, 5.74) is 2.95. The van der Waals surface area contributed by atoms with Crippen molar-refractivity contribution in [1.29, 1.82) is 0 Å². The first-order valence-electron chi connectivity index (χ1n) is 7.60. The molecule has 0 bridgehead atoms. The predicted molar refractivity (Wildman–Crippen MR) is 90.8 cm³/mol. The number of rotatable bonds is 6. The van der Waals surface area contributed by atoms with E-state index in [1.165, 1.54) is 4.79 Å². The lowest BCUT2D eigenvalue weighted by molar-refractivity contribution is 0.692. The molecule has 1 aromatic heterocycles. The van der Waals surface area contributed by atoms with E-state index < -0.39 is 0 Å². The Bertz CT molecular complexity index is 764. The van der Waals surface area contributed by atoms with Crippen LogP contribution in [-0.4, -0.2) is 26.0 Å². The molecule has 0 aliphatic heterocycles. The summed E-state index contributed by atoms with van der Waals surface area (Å²) in [7, 11) is 0. The van der Waals surface area contributed by atoms with Gasteiger partial charge in [0.25, 0.3) is 5.95 Å². The highest BCUT2D eigenvalue weighted by molar-refractivity contribution is 6.00. The van der Waals surface area contributed by atoms with E-state index in [9.17, 15) is 0 Å². The molecule has 6 heteroatoms. The molecule has 23 heavy (non-hydrogen) atoms. The van der Waals surface area contributed by atoms with Crippen molar-refractivity contribution >= 4 is 17.3 Å². The van der Waals surface area contributed by atoms with Gasteiger partial charge in [0, 0.05) is 5.69 Å². The minimum Gasteiger partial charge on any atom is -0.321 e. The lowest BCUT2D eigenvalue weighted by Gasteiger charge is -2.07. The normalized spacial score (nSPS) is 11.4.